The third kappa shape index (κ3) is 1.77. The van der Waals surface area contributed by atoms with Crippen LogP contribution in [0, 0.1) is 0 Å². The number of aryl methyl sites for hydroxylation is 1. The van der Waals surface area contributed by atoms with Crippen molar-refractivity contribution < 1.29 is 0 Å². The summed E-state index contributed by atoms with van der Waals surface area (Å²) >= 11 is 0. The van der Waals surface area contributed by atoms with Crippen molar-refractivity contribution in [3.63, 3.8) is 0 Å². The molecule has 0 aromatic carbocycles. The van der Waals surface area contributed by atoms with Crippen molar-refractivity contribution >= 4 is 11.6 Å². The summed E-state index contributed by atoms with van der Waals surface area (Å²) in [6.45, 7) is 8.26. The Bertz CT molecular complexity index is 609. The van der Waals surface area contributed by atoms with Gasteiger partial charge in [0, 0.05) is 13.0 Å². The number of hydrogen-bond acceptors (Lipinski definition) is 3. The number of nitrogens with zero attached hydrogens (tertiary/aromatic N) is 4. The standard InChI is InChI=1S/C12H16N4O/c1-4-7-11-13-8-9-12(17)15(6-3)10(5-2)14-16(9)11/h5,8H,2,4,6-7H2,1,3H3. The van der Waals surface area contributed by atoms with E-state index in [9.17, 15) is 4.79 Å². The second-order valence-corrected chi connectivity index (χ2v) is 3.83. The molecule has 0 amide bonds. The van der Waals surface area contributed by atoms with Crippen molar-refractivity contribution in [3.8, 4) is 0 Å². The molecule has 0 fully saturated rings. The van der Waals surface area contributed by atoms with E-state index >= 15 is 0 Å². The SMILES string of the molecule is C=Cc1nn2c(CCC)ncc2c(=O)n1CC. The monoisotopic (exact) mass is 232 g/mol. The van der Waals surface area contributed by atoms with Crippen LogP contribution in [-0.2, 0) is 13.0 Å². The molecule has 5 heteroatoms. The van der Waals surface area contributed by atoms with Gasteiger partial charge in [-0.3, -0.25) is 9.36 Å². The van der Waals surface area contributed by atoms with Crippen LogP contribution in [0.4, 0.5) is 0 Å². The van der Waals surface area contributed by atoms with Crippen LogP contribution in [0.2, 0.25) is 0 Å². The van der Waals surface area contributed by atoms with E-state index in [-0.39, 0.29) is 5.56 Å². The summed E-state index contributed by atoms with van der Waals surface area (Å²) < 4.78 is 3.23. The van der Waals surface area contributed by atoms with Crippen LogP contribution in [0.15, 0.2) is 17.6 Å². The zero-order valence-electron chi connectivity index (χ0n) is 10.2. The molecule has 0 unspecified atom stereocenters. The molecule has 0 aliphatic rings. The predicted molar refractivity (Wildman–Crippen MR) is 67.0 cm³/mol. The molecule has 0 N–H and O–H groups in total. The van der Waals surface area contributed by atoms with Crippen molar-refractivity contribution in [1.29, 1.82) is 0 Å². The summed E-state index contributed by atoms with van der Waals surface area (Å²) in [5, 5.41) is 4.40. The highest BCUT2D eigenvalue weighted by Gasteiger charge is 2.11. The van der Waals surface area contributed by atoms with Gasteiger partial charge >= 0.3 is 0 Å². The number of imidazole rings is 1. The maximum absolute atomic E-state index is 12.2. The summed E-state index contributed by atoms with van der Waals surface area (Å²) in [6, 6.07) is 0. The molecule has 0 aliphatic carbocycles. The Morgan fingerprint density at radius 3 is 2.82 bits per heavy atom. The number of hydrogen-bond donors (Lipinski definition) is 0. The Hall–Kier alpha value is -1.91. The predicted octanol–water partition coefficient (Wildman–Crippen LogP) is 1.51. The van der Waals surface area contributed by atoms with Crippen LogP contribution < -0.4 is 5.56 Å². The van der Waals surface area contributed by atoms with E-state index < -0.39 is 0 Å². The van der Waals surface area contributed by atoms with Gasteiger partial charge in [0.25, 0.3) is 5.56 Å². The van der Waals surface area contributed by atoms with Crippen molar-refractivity contribution in [2.24, 2.45) is 0 Å². The average Bonchev–Trinajstić information content (AvgIpc) is 2.73. The quantitative estimate of drug-likeness (QED) is 0.802. The van der Waals surface area contributed by atoms with Gasteiger partial charge in [0.05, 0.1) is 6.20 Å². The molecule has 0 radical (unpaired) electrons. The lowest BCUT2D eigenvalue weighted by Crippen LogP contribution is -2.25. The number of rotatable bonds is 4. The van der Waals surface area contributed by atoms with Crippen LogP contribution in [0.5, 0.6) is 0 Å². The highest BCUT2D eigenvalue weighted by Crippen LogP contribution is 2.05. The average molecular weight is 232 g/mol. The molecule has 0 bridgehead atoms. The van der Waals surface area contributed by atoms with E-state index in [1.165, 1.54) is 0 Å². The van der Waals surface area contributed by atoms with E-state index in [1.54, 1.807) is 21.4 Å². The summed E-state index contributed by atoms with van der Waals surface area (Å²) in [5.41, 5.74) is 0.466. The van der Waals surface area contributed by atoms with Gasteiger partial charge in [-0.25, -0.2) is 9.50 Å². The third-order valence-electron chi connectivity index (χ3n) is 2.72. The molecule has 2 heterocycles. The first-order valence-corrected chi connectivity index (χ1v) is 5.82. The maximum Gasteiger partial charge on any atom is 0.279 e. The lowest BCUT2D eigenvalue weighted by molar-refractivity contribution is 0.656. The molecule has 2 aromatic rings. The normalized spacial score (nSPS) is 10.9. The van der Waals surface area contributed by atoms with Gasteiger partial charge in [0.1, 0.15) is 5.82 Å². The van der Waals surface area contributed by atoms with Crippen LogP contribution in [-0.4, -0.2) is 19.2 Å². The molecule has 2 rings (SSSR count). The van der Waals surface area contributed by atoms with Gasteiger partial charge in [-0.2, -0.15) is 0 Å². The first kappa shape index (κ1) is 11.6. The van der Waals surface area contributed by atoms with Crippen molar-refractivity contribution in [2.75, 3.05) is 0 Å². The van der Waals surface area contributed by atoms with Gasteiger partial charge in [0.2, 0.25) is 0 Å². The van der Waals surface area contributed by atoms with E-state index in [0.717, 1.165) is 18.7 Å². The molecule has 5 nitrogen and oxygen atoms in total. The van der Waals surface area contributed by atoms with Crippen LogP contribution in [0.25, 0.3) is 11.6 Å². The van der Waals surface area contributed by atoms with Crippen LogP contribution in [0.1, 0.15) is 31.9 Å². The summed E-state index contributed by atoms with van der Waals surface area (Å²) in [6.07, 6.45) is 4.98. The van der Waals surface area contributed by atoms with Crippen LogP contribution in [0.3, 0.4) is 0 Å². The van der Waals surface area contributed by atoms with E-state index in [2.05, 4.69) is 23.6 Å². The van der Waals surface area contributed by atoms with Crippen molar-refractivity contribution in [3.05, 3.63) is 34.8 Å². The summed E-state index contributed by atoms with van der Waals surface area (Å²) in [5.74, 6) is 1.41. The Morgan fingerprint density at radius 2 is 2.24 bits per heavy atom. The molecule has 2 aromatic heterocycles. The minimum Gasteiger partial charge on any atom is -0.290 e. The fourth-order valence-corrected chi connectivity index (χ4v) is 1.89. The minimum atomic E-state index is -0.0627. The summed E-state index contributed by atoms with van der Waals surface area (Å²) in [4.78, 5) is 16.4. The Kier molecular flexibility index (Phi) is 3.08. The second-order valence-electron chi connectivity index (χ2n) is 3.83. The fraction of sp³-hybridized carbons (Fsp3) is 0.417. The lowest BCUT2D eigenvalue weighted by Gasteiger charge is -2.07. The van der Waals surface area contributed by atoms with E-state index in [0.29, 0.717) is 17.9 Å². The zero-order chi connectivity index (χ0) is 12.4. The topological polar surface area (TPSA) is 52.2 Å². The van der Waals surface area contributed by atoms with E-state index in [4.69, 9.17) is 0 Å². The van der Waals surface area contributed by atoms with Gasteiger partial charge in [-0.1, -0.05) is 13.5 Å². The number of fused-ring (bicyclic) bond motifs is 1. The first-order valence-electron chi connectivity index (χ1n) is 5.82. The number of aromatic nitrogens is 4. The Morgan fingerprint density at radius 1 is 1.47 bits per heavy atom. The smallest absolute Gasteiger partial charge is 0.279 e. The van der Waals surface area contributed by atoms with Crippen LogP contribution >= 0.6 is 0 Å². The molecule has 17 heavy (non-hydrogen) atoms. The van der Waals surface area contributed by atoms with Crippen molar-refractivity contribution in [2.45, 2.75) is 33.2 Å². The Labute approximate surface area is 99.4 Å². The second kappa shape index (κ2) is 4.53. The Balaban J connectivity index is 2.78. The lowest BCUT2D eigenvalue weighted by atomic mass is 10.3. The van der Waals surface area contributed by atoms with Crippen molar-refractivity contribution in [1.82, 2.24) is 19.2 Å². The molecule has 0 spiro atoms. The molecule has 0 atom stereocenters. The first-order chi connectivity index (χ1) is 8.22. The molecular weight excluding hydrogens is 216 g/mol. The van der Waals surface area contributed by atoms with E-state index in [1.807, 2.05) is 6.92 Å². The molecular formula is C12H16N4O. The highest BCUT2D eigenvalue weighted by molar-refractivity contribution is 5.46. The molecule has 90 valence electrons. The maximum atomic E-state index is 12.2. The highest BCUT2D eigenvalue weighted by atomic mass is 16.1. The molecule has 0 aliphatic heterocycles. The minimum absolute atomic E-state index is 0.0627. The van der Waals surface area contributed by atoms with Gasteiger partial charge in [-0.05, 0) is 19.4 Å². The third-order valence-corrected chi connectivity index (χ3v) is 2.72. The van der Waals surface area contributed by atoms with Gasteiger partial charge in [-0.15, -0.1) is 5.10 Å². The van der Waals surface area contributed by atoms with Gasteiger partial charge < -0.3 is 0 Å². The zero-order valence-corrected chi connectivity index (χ0v) is 10.2. The van der Waals surface area contributed by atoms with Gasteiger partial charge in [0.15, 0.2) is 11.3 Å². The molecule has 0 saturated carbocycles. The molecule has 0 saturated heterocycles. The fourth-order valence-electron chi connectivity index (χ4n) is 1.89. The largest absolute Gasteiger partial charge is 0.290 e. The summed E-state index contributed by atoms with van der Waals surface area (Å²) in [7, 11) is 0.